The van der Waals surface area contributed by atoms with Crippen LogP contribution in [-0.2, 0) is 10.0 Å². The van der Waals surface area contributed by atoms with E-state index in [9.17, 15) is 13.2 Å². The zero-order valence-electron chi connectivity index (χ0n) is 17.1. The van der Waals surface area contributed by atoms with Crippen molar-refractivity contribution in [3.05, 3.63) is 95.1 Å². The van der Waals surface area contributed by atoms with Gasteiger partial charge in [-0.05, 0) is 48.7 Å². The smallest absolute Gasteiger partial charge is 0.264 e. The van der Waals surface area contributed by atoms with E-state index in [0.717, 1.165) is 28.8 Å². The zero-order valence-corrected chi connectivity index (χ0v) is 17.9. The lowest BCUT2D eigenvalue weighted by Gasteiger charge is -2.42. The second-order valence-corrected chi connectivity index (χ2v) is 10.4. The molecule has 31 heavy (non-hydrogen) atoms. The number of hydrogen-bond acceptors (Lipinski definition) is 3. The summed E-state index contributed by atoms with van der Waals surface area (Å²) in [5.41, 5.74) is 4.42. The lowest BCUT2D eigenvalue weighted by Crippen LogP contribution is -2.51. The molecule has 0 bridgehead atoms. The Morgan fingerprint density at radius 1 is 0.871 bits per heavy atom. The lowest BCUT2D eigenvalue weighted by molar-refractivity contribution is 0.0629. The van der Waals surface area contributed by atoms with Gasteiger partial charge in [0.2, 0.25) is 0 Å². The van der Waals surface area contributed by atoms with Crippen LogP contribution in [0, 0.1) is 6.92 Å². The van der Waals surface area contributed by atoms with Crippen molar-refractivity contribution in [2.45, 2.75) is 36.2 Å². The van der Waals surface area contributed by atoms with Gasteiger partial charge in [-0.3, -0.25) is 9.10 Å². The molecule has 6 heteroatoms. The molecule has 0 aromatic heterocycles. The molecule has 156 valence electrons. The van der Waals surface area contributed by atoms with E-state index in [2.05, 4.69) is 0 Å². The fourth-order valence-electron chi connectivity index (χ4n) is 5.58. The summed E-state index contributed by atoms with van der Waals surface area (Å²) in [6, 6.07) is 21.8. The highest BCUT2D eigenvalue weighted by Crippen LogP contribution is 2.55. The van der Waals surface area contributed by atoms with E-state index in [1.165, 1.54) is 0 Å². The predicted octanol–water partition coefficient (Wildman–Crippen LogP) is 4.26. The predicted molar refractivity (Wildman–Crippen MR) is 119 cm³/mol. The van der Waals surface area contributed by atoms with Crippen molar-refractivity contribution in [3.63, 3.8) is 0 Å². The number of carbonyl (C=O) groups excluding carboxylic acids is 1. The standard InChI is InChI=1S/C25H22N2O3S/c1-16-10-12-17(13-11-16)31(29,30)27-22-9-5-4-6-18(22)20-14-15-26-23(24(20)27)19-7-2-3-8-21(19)25(26)28/h2-13,20,23-24H,14-15H2,1H3. The fraction of sp³-hybridized carbons (Fsp3) is 0.240. The molecule has 6 rings (SSSR count). The molecule has 0 aliphatic carbocycles. The Kier molecular flexibility index (Phi) is 3.87. The number of para-hydroxylation sites is 1. The number of carbonyl (C=O) groups is 1. The Balaban J connectivity index is 1.57. The van der Waals surface area contributed by atoms with Crippen LogP contribution in [0.1, 0.15) is 45.4 Å². The summed E-state index contributed by atoms with van der Waals surface area (Å²) >= 11 is 0. The first-order valence-electron chi connectivity index (χ1n) is 10.6. The lowest BCUT2D eigenvalue weighted by atomic mass is 9.82. The largest absolute Gasteiger partial charge is 0.329 e. The van der Waals surface area contributed by atoms with Crippen molar-refractivity contribution < 1.29 is 13.2 Å². The Bertz CT molecular complexity index is 1320. The second-order valence-electron chi connectivity index (χ2n) is 8.59. The maximum absolute atomic E-state index is 14.0. The minimum absolute atomic E-state index is 0.00249. The number of sulfonamides is 1. The fourth-order valence-corrected chi connectivity index (χ4v) is 7.30. The van der Waals surface area contributed by atoms with Gasteiger partial charge in [0.25, 0.3) is 15.9 Å². The van der Waals surface area contributed by atoms with Gasteiger partial charge in [0.1, 0.15) is 0 Å². The maximum Gasteiger partial charge on any atom is 0.264 e. The number of rotatable bonds is 2. The Morgan fingerprint density at radius 3 is 2.32 bits per heavy atom. The summed E-state index contributed by atoms with van der Waals surface area (Å²) in [6.45, 7) is 2.57. The Labute approximate surface area is 182 Å². The molecular weight excluding hydrogens is 408 g/mol. The molecule has 1 amide bonds. The van der Waals surface area contributed by atoms with Crippen LogP contribution >= 0.6 is 0 Å². The molecular formula is C25H22N2O3S. The van der Waals surface area contributed by atoms with E-state index in [1.807, 2.05) is 72.5 Å². The monoisotopic (exact) mass is 430 g/mol. The van der Waals surface area contributed by atoms with Crippen molar-refractivity contribution in [1.29, 1.82) is 0 Å². The summed E-state index contributed by atoms with van der Waals surface area (Å²) < 4.78 is 29.5. The van der Waals surface area contributed by atoms with Crippen molar-refractivity contribution >= 4 is 21.6 Å². The van der Waals surface area contributed by atoms with Gasteiger partial charge in [-0.15, -0.1) is 0 Å². The van der Waals surface area contributed by atoms with Gasteiger partial charge in [-0.1, -0.05) is 54.1 Å². The maximum atomic E-state index is 14.0. The normalized spacial score (nSPS) is 23.9. The molecule has 3 aliphatic rings. The highest BCUT2D eigenvalue weighted by molar-refractivity contribution is 7.92. The SMILES string of the molecule is Cc1ccc(S(=O)(=O)N2c3ccccc3C3CCN4C(=O)c5ccccc5C4C32)cc1. The van der Waals surface area contributed by atoms with Crippen LogP contribution in [0.25, 0.3) is 0 Å². The Hall–Kier alpha value is -3.12. The molecule has 3 aliphatic heterocycles. The van der Waals surface area contributed by atoms with Gasteiger partial charge < -0.3 is 4.90 Å². The number of nitrogens with zero attached hydrogens (tertiary/aromatic N) is 2. The topological polar surface area (TPSA) is 57.7 Å². The van der Waals surface area contributed by atoms with Crippen LogP contribution in [0.15, 0.2) is 77.7 Å². The van der Waals surface area contributed by atoms with Crippen LogP contribution in [-0.4, -0.2) is 31.8 Å². The van der Waals surface area contributed by atoms with Crippen LogP contribution in [0.3, 0.4) is 0 Å². The number of hydrogen-bond donors (Lipinski definition) is 0. The molecule has 3 aromatic rings. The van der Waals surface area contributed by atoms with Gasteiger partial charge in [-0.25, -0.2) is 8.42 Å². The summed E-state index contributed by atoms with van der Waals surface area (Å²) in [7, 11) is -3.80. The third-order valence-electron chi connectivity index (χ3n) is 6.95. The number of piperidine rings is 1. The average molecular weight is 431 g/mol. The molecule has 0 radical (unpaired) electrons. The van der Waals surface area contributed by atoms with Gasteiger partial charge in [-0.2, -0.15) is 0 Å². The molecule has 5 nitrogen and oxygen atoms in total. The molecule has 3 atom stereocenters. The number of amides is 1. The summed E-state index contributed by atoms with van der Waals surface area (Å²) in [4.78, 5) is 15.3. The highest BCUT2D eigenvalue weighted by Gasteiger charge is 2.56. The number of benzene rings is 3. The number of fused-ring (bicyclic) bond motifs is 7. The van der Waals surface area contributed by atoms with Crippen molar-refractivity contribution in [1.82, 2.24) is 4.90 Å². The second kappa shape index (κ2) is 6.44. The first kappa shape index (κ1) is 18.6. The quantitative estimate of drug-likeness (QED) is 0.611. The van der Waals surface area contributed by atoms with Crippen LogP contribution in [0.5, 0.6) is 0 Å². The first-order valence-corrected chi connectivity index (χ1v) is 12.0. The zero-order chi connectivity index (χ0) is 21.3. The van der Waals surface area contributed by atoms with Crippen LogP contribution in [0.2, 0.25) is 0 Å². The molecule has 1 saturated heterocycles. The summed E-state index contributed by atoms with van der Waals surface area (Å²) in [6.07, 6.45) is 0.748. The van der Waals surface area contributed by atoms with Crippen LogP contribution < -0.4 is 4.31 Å². The van der Waals surface area contributed by atoms with Gasteiger partial charge in [0.15, 0.2) is 0 Å². The molecule has 0 N–H and O–H groups in total. The third-order valence-corrected chi connectivity index (χ3v) is 8.77. The van der Waals surface area contributed by atoms with E-state index in [-0.39, 0.29) is 28.8 Å². The number of aryl methyl sites for hydroxylation is 1. The minimum Gasteiger partial charge on any atom is -0.329 e. The van der Waals surface area contributed by atoms with E-state index < -0.39 is 10.0 Å². The van der Waals surface area contributed by atoms with E-state index in [4.69, 9.17) is 0 Å². The molecule has 3 unspecified atom stereocenters. The molecule has 3 heterocycles. The summed E-state index contributed by atoms with van der Waals surface area (Å²) in [5, 5.41) is 0. The van der Waals surface area contributed by atoms with Crippen molar-refractivity contribution in [2.75, 3.05) is 10.8 Å². The van der Waals surface area contributed by atoms with Crippen molar-refractivity contribution in [3.8, 4) is 0 Å². The first-order chi connectivity index (χ1) is 15.0. The third kappa shape index (κ3) is 2.48. The average Bonchev–Trinajstić information content (AvgIpc) is 3.27. The van der Waals surface area contributed by atoms with E-state index >= 15 is 0 Å². The van der Waals surface area contributed by atoms with Crippen LogP contribution in [0.4, 0.5) is 5.69 Å². The minimum atomic E-state index is -3.80. The van der Waals surface area contributed by atoms with Gasteiger partial charge >= 0.3 is 0 Å². The molecule has 0 saturated carbocycles. The van der Waals surface area contributed by atoms with Gasteiger partial charge in [0, 0.05) is 18.0 Å². The van der Waals surface area contributed by atoms with Crippen molar-refractivity contribution in [2.24, 2.45) is 0 Å². The molecule has 0 spiro atoms. The number of anilines is 1. The summed E-state index contributed by atoms with van der Waals surface area (Å²) in [5.74, 6) is 0.0549. The highest BCUT2D eigenvalue weighted by atomic mass is 32.2. The Morgan fingerprint density at radius 2 is 1.55 bits per heavy atom. The molecule has 1 fully saturated rings. The van der Waals surface area contributed by atoms with Gasteiger partial charge in [0.05, 0.1) is 22.7 Å². The van der Waals surface area contributed by atoms with E-state index in [0.29, 0.717) is 12.1 Å². The molecule has 3 aromatic carbocycles. The van der Waals surface area contributed by atoms with E-state index in [1.54, 1.807) is 16.4 Å².